The molecule has 2 amide bonds. The summed E-state index contributed by atoms with van der Waals surface area (Å²) in [4.78, 5) is 23.9. The van der Waals surface area contributed by atoms with Crippen LogP contribution in [0.5, 0.6) is 5.75 Å². The number of rotatable bonds is 11. The smallest absolute Gasteiger partial charge is 0.412 e. The van der Waals surface area contributed by atoms with E-state index in [0.717, 1.165) is 11.1 Å². The summed E-state index contributed by atoms with van der Waals surface area (Å²) in [5, 5.41) is 20.4. The number of hydrogen-bond donors (Lipinski definition) is 4. The monoisotopic (exact) mass is 456 g/mol. The van der Waals surface area contributed by atoms with E-state index in [4.69, 9.17) is 19.8 Å². The van der Waals surface area contributed by atoms with Crippen molar-refractivity contribution in [1.82, 2.24) is 5.48 Å². The number of aliphatic hydroxyl groups excluding tert-OH is 1. The summed E-state index contributed by atoms with van der Waals surface area (Å²) >= 11 is 0. The first-order valence-electron chi connectivity index (χ1n) is 10.7. The van der Waals surface area contributed by atoms with Gasteiger partial charge in [0.15, 0.2) is 0 Å². The molecule has 0 heterocycles. The third kappa shape index (κ3) is 8.59. The van der Waals surface area contributed by atoms with Crippen molar-refractivity contribution in [2.24, 2.45) is 5.41 Å². The molecule has 0 aliphatic carbocycles. The molecular weight excluding hydrogens is 424 g/mol. The van der Waals surface area contributed by atoms with Crippen molar-refractivity contribution >= 4 is 17.7 Å². The molecule has 0 aromatic heterocycles. The highest BCUT2D eigenvalue weighted by Gasteiger charge is 2.34. The molecule has 0 aliphatic rings. The first-order valence-corrected chi connectivity index (χ1v) is 10.7. The van der Waals surface area contributed by atoms with E-state index in [2.05, 4.69) is 5.32 Å². The maximum atomic E-state index is 12.8. The molecule has 0 aliphatic heterocycles. The van der Waals surface area contributed by atoms with Gasteiger partial charge in [-0.15, -0.1) is 0 Å². The molecule has 0 unspecified atom stereocenters. The number of amides is 2. The Morgan fingerprint density at radius 3 is 2.55 bits per heavy atom. The molecule has 178 valence electrons. The van der Waals surface area contributed by atoms with Crippen LogP contribution >= 0.6 is 0 Å². The molecule has 0 fully saturated rings. The quantitative estimate of drug-likeness (QED) is 0.224. The van der Waals surface area contributed by atoms with Gasteiger partial charge in [0.1, 0.15) is 18.5 Å². The van der Waals surface area contributed by atoms with Crippen LogP contribution in [0.25, 0.3) is 0 Å². The van der Waals surface area contributed by atoms with Gasteiger partial charge in [0.05, 0.1) is 6.61 Å². The van der Waals surface area contributed by atoms with Gasteiger partial charge < -0.3 is 14.6 Å². The topological polar surface area (TPSA) is 117 Å². The van der Waals surface area contributed by atoms with Crippen LogP contribution in [0.2, 0.25) is 0 Å². The average Bonchev–Trinajstić information content (AvgIpc) is 2.80. The van der Waals surface area contributed by atoms with E-state index in [1.54, 1.807) is 41.9 Å². The van der Waals surface area contributed by atoms with Crippen LogP contribution in [-0.2, 0) is 9.53 Å². The van der Waals surface area contributed by atoms with E-state index >= 15 is 0 Å². The van der Waals surface area contributed by atoms with Crippen LogP contribution in [0.4, 0.5) is 10.5 Å². The molecule has 8 nitrogen and oxygen atoms in total. The van der Waals surface area contributed by atoms with Crippen LogP contribution in [-0.4, -0.2) is 35.5 Å². The van der Waals surface area contributed by atoms with Crippen LogP contribution in [0.1, 0.15) is 43.9 Å². The van der Waals surface area contributed by atoms with Gasteiger partial charge in [-0.05, 0) is 49.6 Å². The number of carbonyl (C=O) groups excluding carboxylic acids is 2. The zero-order valence-corrected chi connectivity index (χ0v) is 19.2. The molecule has 0 saturated heterocycles. The molecule has 1 atom stereocenters. The lowest BCUT2D eigenvalue weighted by atomic mass is 9.78. The van der Waals surface area contributed by atoms with Crippen LogP contribution in [0.15, 0.2) is 60.7 Å². The number of nitrogens with one attached hydrogen (secondary N) is 2. The normalized spacial score (nSPS) is 12.3. The number of allylic oxidation sites excluding steroid dienone is 1. The highest BCUT2D eigenvalue weighted by molar-refractivity contribution is 5.86. The lowest BCUT2D eigenvalue weighted by Gasteiger charge is -2.34. The molecule has 0 saturated carbocycles. The predicted octanol–water partition coefficient (Wildman–Crippen LogP) is 4.52. The maximum absolute atomic E-state index is 12.8. The highest BCUT2D eigenvalue weighted by atomic mass is 16.6. The van der Waals surface area contributed by atoms with E-state index in [9.17, 15) is 9.59 Å². The zero-order chi connectivity index (χ0) is 24.3. The Labute approximate surface area is 194 Å². The van der Waals surface area contributed by atoms with Crippen molar-refractivity contribution in [2.75, 3.05) is 18.5 Å². The standard InChI is InChI=1S/C25H32N2O6/c1-18-10-12-20(13-11-18)26-24(30)33-23(19-7-6-8-21(17-19)32-16-15-28)25(2,3)14-5-4-9-22(29)27-31/h4,6-13,17,23,28,31H,5,14-16H2,1-3H3,(H,26,30)(H,27,29)/b9-4+/t23-/m1/s1. The second-order valence-electron chi connectivity index (χ2n) is 8.33. The van der Waals surface area contributed by atoms with E-state index in [-0.39, 0.29) is 13.2 Å². The predicted molar refractivity (Wildman–Crippen MR) is 125 cm³/mol. The minimum atomic E-state index is -0.624. The summed E-state index contributed by atoms with van der Waals surface area (Å²) in [6.45, 7) is 5.95. The average molecular weight is 457 g/mol. The van der Waals surface area contributed by atoms with Gasteiger partial charge in [0.2, 0.25) is 0 Å². The first kappa shape index (κ1) is 25.9. The minimum Gasteiger partial charge on any atom is -0.491 e. The molecule has 8 heteroatoms. The summed E-state index contributed by atoms with van der Waals surface area (Å²) in [6, 6.07) is 14.6. The second kappa shape index (κ2) is 12.6. The Balaban J connectivity index is 2.22. The lowest BCUT2D eigenvalue weighted by molar-refractivity contribution is -0.124. The van der Waals surface area contributed by atoms with Gasteiger partial charge in [-0.1, -0.05) is 49.8 Å². The van der Waals surface area contributed by atoms with Crippen molar-refractivity contribution < 1.29 is 29.4 Å². The molecule has 4 N–H and O–H groups in total. The van der Waals surface area contributed by atoms with Gasteiger partial charge in [-0.3, -0.25) is 15.3 Å². The maximum Gasteiger partial charge on any atom is 0.412 e. The SMILES string of the molecule is Cc1ccc(NC(=O)O[C@H](c2cccc(OCCO)c2)C(C)(C)CC/C=C/C(=O)NO)cc1. The number of benzene rings is 2. The Morgan fingerprint density at radius 2 is 1.88 bits per heavy atom. The van der Waals surface area contributed by atoms with Crippen molar-refractivity contribution in [1.29, 1.82) is 0 Å². The summed E-state index contributed by atoms with van der Waals surface area (Å²) in [6.07, 6.45) is 2.80. The summed E-state index contributed by atoms with van der Waals surface area (Å²) in [5.41, 5.74) is 3.48. The molecule has 33 heavy (non-hydrogen) atoms. The molecule has 0 radical (unpaired) electrons. The summed E-state index contributed by atoms with van der Waals surface area (Å²) in [5.74, 6) is -0.0452. The van der Waals surface area contributed by atoms with E-state index in [0.29, 0.717) is 24.3 Å². The molecule has 2 rings (SSSR count). The number of hydrogen-bond acceptors (Lipinski definition) is 6. The zero-order valence-electron chi connectivity index (χ0n) is 19.2. The number of aryl methyl sites for hydroxylation is 1. The molecule has 0 bridgehead atoms. The van der Waals surface area contributed by atoms with Gasteiger partial charge in [0, 0.05) is 17.2 Å². The minimum absolute atomic E-state index is 0.109. The van der Waals surface area contributed by atoms with Crippen molar-refractivity contribution in [2.45, 2.75) is 39.7 Å². The van der Waals surface area contributed by atoms with Gasteiger partial charge in [-0.2, -0.15) is 0 Å². The lowest BCUT2D eigenvalue weighted by Crippen LogP contribution is -2.29. The molecule has 2 aromatic carbocycles. The van der Waals surface area contributed by atoms with E-state index < -0.39 is 23.5 Å². The van der Waals surface area contributed by atoms with E-state index in [1.807, 2.05) is 39.0 Å². The number of hydroxylamine groups is 1. The van der Waals surface area contributed by atoms with Crippen molar-refractivity contribution in [3.8, 4) is 5.75 Å². The van der Waals surface area contributed by atoms with Gasteiger partial charge >= 0.3 is 6.09 Å². The van der Waals surface area contributed by atoms with E-state index in [1.165, 1.54) is 6.08 Å². The fraction of sp³-hybridized carbons (Fsp3) is 0.360. The molecule has 0 spiro atoms. The Morgan fingerprint density at radius 1 is 1.15 bits per heavy atom. The van der Waals surface area contributed by atoms with Crippen LogP contribution < -0.4 is 15.5 Å². The highest BCUT2D eigenvalue weighted by Crippen LogP contribution is 2.41. The summed E-state index contributed by atoms with van der Waals surface area (Å²) in [7, 11) is 0. The van der Waals surface area contributed by atoms with Crippen molar-refractivity contribution in [3.63, 3.8) is 0 Å². The molecular formula is C25H32N2O6. The summed E-state index contributed by atoms with van der Waals surface area (Å²) < 4.78 is 11.4. The Hall–Kier alpha value is -3.36. The first-order chi connectivity index (χ1) is 15.7. The van der Waals surface area contributed by atoms with Crippen LogP contribution in [0.3, 0.4) is 0 Å². The largest absolute Gasteiger partial charge is 0.491 e. The van der Waals surface area contributed by atoms with Gasteiger partial charge in [-0.25, -0.2) is 10.3 Å². The Bertz CT molecular complexity index is 940. The van der Waals surface area contributed by atoms with Gasteiger partial charge in [0.25, 0.3) is 5.91 Å². The second-order valence-corrected chi connectivity index (χ2v) is 8.33. The number of ether oxygens (including phenoxy) is 2. The fourth-order valence-corrected chi connectivity index (χ4v) is 3.31. The number of carbonyl (C=O) groups is 2. The van der Waals surface area contributed by atoms with Crippen molar-refractivity contribution in [3.05, 3.63) is 71.8 Å². The fourth-order valence-electron chi connectivity index (χ4n) is 3.31. The Kier molecular flexibility index (Phi) is 9.90. The number of anilines is 1. The molecule has 2 aromatic rings. The number of aliphatic hydroxyl groups is 1. The third-order valence-electron chi connectivity index (χ3n) is 5.09. The van der Waals surface area contributed by atoms with Crippen LogP contribution in [0, 0.1) is 12.3 Å². The third-order valence-corrected chi connectivity index (χ3v) is 5.09.